The van der Waals surface area contributed by atoms with Gasteiger partial charge in [-0.05, 0) is 57.2 Å². The molecule has 1 atom stereocenters. The van der Waals surface area contributed by atoms with Gasteiger partial charge in [0.15, 0.2) is 0 Å². The molecule has 1 aliphatic rings. The van der Waals surface area contributed by atoms with E-state index in [1.165, 1.54) is 87.0 Å². The van der Waals surface area contributed by atoms with E-state index in [9.17, 15) is 9.59 Å². The van der Waals surface area contributed by atoms with Crippen molar-refractivity contribution in [1.29, 1.82) is 0 Å². The van der Waals surface area contributed by atoms with Gasteiger partial charge in [-0.15, -0.1) is 0 Å². The van der Waals surface area contributed by atoms with Crippen molar-refractivity contribution in [2.24, 2.45) is 0 Å². The zero-order valence-electron chi connectivity index (χ0n) is 32.8. The van der Waals surface area contributed by atoms with Crippen molar-refractivity contribution in [3.05, 3.63) is 113 Å². The number of benzene rings is 4. The first-order valence-corrected chi connectivity index (χ1v) is 22.1. The number of carbonyl (C=O) groups is 2. The molecular weight excluding hydrogens is 675 g/mol. The molecule has 0 amide bonds. The first-order chi connectivity index (χ1) is 25.7. The van der Waals surface area contributed by atoms with Crippen LogP contribution in [0.25, 0.3) is 0 Å². The van der Waals surface area contributed by atoms with Gasteiger partial charge in [0.2, 0.25) is 0 Å². The summed E-state index contributed by atoms with van der Waals surface area (Å²) in [6.07, 6.45) is 15.6. The Morgan fingerprint density at radius 1 is 0.642 bits per heavy atom. The largest absolute Gasteiger partial charge is 0.487 e. The van der Waals surface area contributed by atoms with Crippen molar-refractivity contribution in [3.63, 3.8) is 0 Å². The Hall–Kier alpha value is -3.95. The number of esters is 2. The first kappa shape index (κ1) is 40.2. The zero-order valence-corrected chi connectivity index (χ0v) is 33.8. The monoisotopic (exact) mass is 736 g/mol. The topological polar surface area (TPSA) is 61.8 Å². The standard InChI is InChI=1S/C47H61O5P/c1-36-37(2)46-42(38(3)45(36)51-44(49)31-30-43(48)50-5)32-34-47(4,52-46)33-22-11-9-7-6-8-10-12-23-35-53(39-24-16-13-17-25-39,40-26-18-14-19-27-40)41-28-20-15-21-29-41/h13-21,24-29,53H,6-12,22-23,30-35H2,1-5H3. The molecule has 0 saturated heterocycles. The Bertz CT molecular complexity index is 1670. The fourth-order valence-electron chi connectivity index (χ4n) is 8.31. The molecule has 1 aliphatic heterocycles. The summed E-state index contributed by atoms with van der Waals surface area (Å²) in [5, 5.41) is 4.53. The molecule has 4 aromatic rings. The summed E-state index contributed by atoms with van der Waals surface area (Å²) in [7, 11) is -0.798. The Morgan fingerprint density at radius 3 is 1.62 bits per heavy atom. The number of fused-ring (bicyclic) bond motifs is 1. The Morgan fingerprint density at radius 2 is 1.11 bits per heavy atom. The van der Waals surface area contributed by atoms with Gasteiger partial charge in [0.25, 0.3) is 0 Å². The van der Waals surface area contributed by atoms with Gasteiger partial charge in [0, 0.05) is 5.56 Å². The molecule has 1 unspecified atom stereocenters. The Labute approximate surface area is 319 Å². The smallest absolute Gasteiger partial charge is 0.487 e. The molecular formula is C47H61O5P. The van der Waals surface area contributed by atoms with E-state index in [1.54, 1.807) is 0 Å². The normalized spacial score (nSPS) is 15.6. The maximum atomic E-state index is 12.5. The van der Waals surface area contributed by atoms with Gasteiger partial charge >= 0.3 is 202 Å². The van der Waals surface area contributed by atoms with E-state index in [0.717, 1.165) is 47.3 Å². The van der Waals surface area contributed by atoms with E-state index in [0.29, 0.717) is 5.75 Å². The van der Waals surface area contributed by atoms with Crippen LogP contribution >= 0.6 is 7.26 Å². The fraction of sp³-hybridized carbons (Fsp3) is 0.447. The van der Waals surface area contributed by atoms with Gasteiger partial charge in [-0.25, -0.2) is 0 Å². The number of methoxy groups -OCH3 is 1. The van der Waals surface area contributed by atoms with Gasteiger partial charge in [-0.1, -0.05) is 0 Å². The minimum atomic E-state index is -2.12. The number of unbranched alkanes of at least 4 members (excludes halogenated alkanes) is 8. The summed E-state index contributed by atoms with van der Waals surface area (Å²) >= 11 is 0. The third kappa shape index (κ3) is 10.2. The molecule has 5 rings (SSSR count). The molecule has 0 radical (unpaired) electrons. The Balaban J connectivity index is 1.04. The van der Waals surface area contributed by atoms with Crippen LogP contribution in [0.4, 0.5) is 0 Å². The molecule has 0 N–H and O–H groups in total. The van der Waals surface area contributed by atoms with E-state index < -0.39 is 19.2 Å². The molecule has 0 aromatic heterocycles. The van der Waals surface area contributed by atoms with Crippen molar-refractivity contribution in [2.75, 3.05) is 13.3 Å². The average molecular weight is 737 g/mol. The van der Waals surface area contributed by atoms with Crippen LogP contribution in [0.2, 0.25) is 0 Å². The minimum Gasteiger partial charge on any atom is -0.487 e. The molecule has 6 heteroatoms. The molecule has 53 heavy (non-hydrogen) atoms. The molecule has 4 aromatic carbocycles. The average Bonchev–Trinajstić information content (AvgIpc) is 3.19. The summed E-state index contributed by atoms with van der Waals surface area (Å²) in [4.78, 5) is 24.0. The van der Waals surface area contributed by atoms with Crippen molar-refractivity contribution >= 4 is 35.1 Å². The quantitative estimate of drug-likeness (QED) is 0.0415. The molecule has 0 bridgehead atoms. The van der Waals surface area contributed by atoms with Crippen LogP contribution in [0.5, 0.6) is 11.5 Å². The summed E-state index contributed by atoms with van der Waals surface area (Å²) in [5.74, 6) is 0.724. The number of hydrogen-bond acceptors (Lipinski definition) is 5. The first-order valence-electron chi connectivity index (χ1n) is 19.9. The summed E-state index contributed by atoms with van der Waals surface area (Å²) in [6.45, 7) is 8.30. The SMILES string of the molecule is COC(=O)CCC(=O)Oc1c(C)c(C)c2c(c1C)CCC(C)(CCCCCCCCCCC[PH](c1ccccc1)(c1ccccc1)c1ccccc1)O2. The second kappa shape index (κ2) is 19.4. The van der Waals surface area contributed by atoms with Gasteiger partial charge in [0.1, 0.15) is 11.5 Å². The summed E-state index contributed by atoms with van der Waals surface area (Å²) < 4.78 is 17.2. The maximum absolute atomic E-state index is 12.5. The summed E-state index contributed by atoms with van der Waals surface area (Å²) in [6, 6.07) is 33.9. The van der Waals surface area contributed by atoms with E-state index in [4.69, 9.17) is 9.47 Å². The van der Waals surface area contributed by atoms with Crippen molar-refractivity contribution in [1.82, 2.24) is 0 Å². The number of hydrogen-bond donors (Lipinski definition) is 0. The predicted octanol–water partition coefficient (Wildman–Crippen LogP) is 10.2. The van der Waals surface area contributed by atoms with Gasteiger partial charge in [-0.2, -0.15) is 0 Å². The van der Waals surface area contributed by atoms with Crippen molar-refractivity contribution < 1.29 is 23.8 Å². The second-order valence-corrected chi connectivity index (χ2v) is 19.3. The van der Waals surface area contributed by atoms with E-state index >= 15 is 0 Å². The molecule has 0 fully saturated rings. The predicted molar refractivity (Wildman–Crippen MR) is 222 cm³/mol. The van der Waals surface area contributed by atoms with Crippen molar-refractivity contribution in [2.45, 2.75) is 123 Å². The molecule has 0 aliphatic carbocycles. The van der Waals surface area contributed by atoms with E-state index in [2.05, 4.69) is 110 Å². The molecule has 0 saturated carbocycles. The van der Waals surface area contributed by atoms with Crippen LogP contribution in [0.1, 0.15) is 113 Å². The van der Waals surface area contributed by atoms with Gasteiger partial charge < -0.3 is 14.2 Å². The van der Waals surface area contributed by atoms with Gasteiger partial charge in [0.05, 0.1) is 20.0 Å². The molecule has 1 heterocycles. The molecule has 0 spiro atoms. The van der Waals surface area contributed by atoms with Crippen LogP contribution in [0.3, 0.4) is 0 Å². The molecule has 284 valence electrons. The fourth-order valence-corrected chi connectivity index (χ4v) is 13.2. The third-order valence-corrected chi connectivity index (χ3v) is 16.7. The number of carbonyl (C=O) groups excluding carboxylic acids is 2. The Kier molecular flexibility index (Phi) is 14.7. The van der Waals surface area contributed by atoms with E-state index in [-0.39, 0.29) is 18.4 Å². The maximum Gasteiger partial charge on any atom is -0.487 e. The zero-order chi connectivity index (χ0) is 37.7. The van der Waals surface area contributed by atoms with Crippen LogP contribution in [0.15, 0.2) is 91.0 Å². The van der Waals surface area contributed by atoms with Gasteiger partial charge in [-0.3, -0.25) is 9.59 Å². The number of rotatable bonds is 19. The second-order valence-electron chi connectivity index (χ2n) is 15.3. The van der Waals surface area contributed by atoms with Crippen LogP contribution < -0.4 is 25.4 Å². The molecule has 5 nitrogen and oxygen atoms in total. The van der Waals surface area contributed by atoms with Crippen LogP contribution in [0, 0.1) is 20.8 Å². The minimum absolute atomic E-state index is 0.00231. The van der Waals surface area contributed by atoms with E-state index in [1.807, 2.05) is 13.8 Å². The summed E-state index contributed by atoms with van der Waals surface area (Å²) in [5.41, 5.74) is 3.85. The van der Waals surface area contributed by atoms with Crippen LogP contribution in [-0.2, 0) is 20.7 Å². The van der Waals surface area contributed by atoms with Crippen LogP contribution in [-0.4, -0.2) is 30.8 Å². The third-order valence-electron chi connectivity index (χ3n) is 11.6. The number of ether oxygens (including phenoxy) is 3. The van der Waals surface area contributed by atoms with Crippen molar-refractivity contribution in [3.8, 4) is 11.5 Å².